The Morgan fingerprint density at radius 3 is 1.40 bits per heavy atom. The second kappa shape index (κ2) is 8.20. The molecule has 0 aliphatic rings. The van der Waals surface area contributed by atoms with Gasteiger partial charge in [0, 0.05) is 20.1 Å². The predicted molar refractivity (Wildman–Crippen MR) is 126 cm³/mol. The summed E-state index contributed by atoms with van der Waals surface area (Å²) in [7, 11) is 3.05. The molecule has 4 aromatic rings. The summed E-state index contributed by atoms with van der Waals surface area (Å²) in [5.41, 5.74) is 2.04. The van der Waals surface area contributed by atoms with Crippen molar-refractivity contribution >= 4 is 66.0 Å². The van der Waals surface area contributed by atoms with Crippen LogP contribution in [0.25, 0.3) is 32.7 Å². The number of hydrogen-bond donors (Lipinski definition) is 0. The summed E-state index contributed by atoms with van der Waals surface area (Å²) in [4.78, 5) is 24.4. The Balaban J connectivity index is 2.30. The summed E-state index contributed by atoms with van der Waals surface area (Å²) in [6.45, 7) is 0. The van der Waals surface area contributed by atoms with E-state index in [1.54, 1.807) is 0 Å². The minimum Gasteiger partial charge on any atom is -0.496 e. The van der Waals surface area contributed by atoms with Gasteiger partial charge in [0.15, 0.2) is 12.6 Å². The van der Waals surface area contributed by atoms with Gasteiger partial charge < -0.3 is 9.47 Å². The van der Waals surface area contributed by atoms with Crippen LogP contribution in [0.4, 0.5) is 0 Å². The smallest absolute Gasteiger partial charge is 0.154 e. The zero-order valence-electron chi connectivity index (χ0n) is 16.2. The van der Waals surface area contributed by atoms with E-state index in [0.717, 1.165) is 43.1 Å². The molecule has 150 valence electrons. The Morgan fingerprint density at radius 1 is 0.667 bits per heavy atom. The maximum Gasteiger partial charge on any atom is 0.154 e. The Kier molecular flexibility index (Phi) is 5.62. The van der Waals surface area contributed by atoms with Gasteiger partial charge >= 0.3 is 0 Å². The fraction of sp³-hybridized carbons (Fsp3) is 0.0833. The van der Waals surface area contributed by atoms with Crippen molar-refractivity contribution < 1.29 is 19.1 Å². The predicted octanol–water partition coefficient (Wildman–Crippen LogP) is 6.83. The van der Waals surface area contributed by atoms with E-state index in [4.69, 9.17) is 9.47 Å². The van der Waals surface area contributed by atoms with Crippen LogP contribution in [-0.2, 0) is 0 Å². The molecule has 0 radical (unpaired) electrons. The lowest BCUT2D eigenvalue weighted by atomic mass is 9.86. The third-order valence-electron chi connectivity index (χ3n) is 5.13. The van der Waals surface area contributed by atoms with E-state index in [2.05, 4.69) is 31.9 Å². The van der Waals surface area contributed by atoms with E-state index in [0.29, 0.717) is 33.8 Å². The molecular weight excluding hydrogens is 512 g/mol. The fourth-order valence-corrected chi connectivity index (χ4v) is 4.60. The summed E-state index contributed by atoms with van der Waals surface area (Å²) in [5.74, 6) is 0.881. The van der Waals surface area contributed by atoms with Gasteiger partial charge in [-0.05, 0) is 57.9 Å². The fourth-order valence-electron chi connectivity index (χ4n) is 3.85. The highest BCUT2D eigenvalue weighted by molar-refractivity contribution is 9.10. The quantitative estimate of drug-likeness (QED) is 0.267. The number of methoxy groups -OCH3 is 2. The third kappa shape index (κ3) is 3.30. The molecule has 0 heterocycles. The van der Waals surface area contributed by atoms with Crippen LogP contribution in [0.5, 0.6) is 11.5 Å². The lowest BCUT2D eigenvalue weighted by Crippen LogP contribution is -2.01. The number of aldehydes is 2. The Morgan fingerprint density at radius 2 is 1.07 bits per heavy atom. The first-order valence-corrected chi connectivity index (χ1v) is 10.6. The second-order valence-corrected chi connectivity index (χ2v) is 8.53. The van der Waals surface area contributed by atoms with Gasteiger partial charge in [0.1, 0.15) is 11.5 Å². The van der Waals surface area contributed by atoms with Crippen LogP contribution in [-0.4, -0.2) is 26.8 Å². The number of hydrogen-bond acceptors (Lipinski definition) is 4. The molecule has 0 amide bonds. The van der Waals surface area contributed by atoms with Gasteiger partial charge in [-0.3, -0.25) is 9.59 Å². The first kappa shape index (κ1) is 20.6. The van der Waals surface area contributed by atoms with Crippen molar-refractivity contribution in [2.45, 2.75) is 0 Å². The van der Waals surface area contributed by atoms with Gasteiger partial charge in [-0.2, -0.15) is 0 Å². The van der Waals surface area contributed by atoms with Crippen molar-refractivity contribution in [2.24, 2.45) is 0 Å². The number of carbonyl (C=O) groups excluding carboxylic acids is 2. The molecule has 4 rings (SSSR count). The molecule has 0 aliphatic carbocycles. The summed E-state index contributed by atoms with van der Waals surface area (Å²) in [5, 5.41) is 3.43. The SMILES string of the molecule is COc1cc2cc(Br)ccc2c(-c2c(C=O)c(OC)cc3cc(Br)ccc23)c1C=O. The molecule has 6 heteroatoms. The molecule has 0 aromatic heterocycles. The average molecular weight is 528 g/mol. The Hall–Kier alpha value is -2.70. The molecule has 30 heavy (non-hydrogen) atoms. The van der Waals surface area contributed by atoms with Crippen molar-refractivity contribution in [2.75, 3.05) is 14.2 Å². The molecule has 0 N–H and O–H groups in total. The molecule has 0 saturated carbocycles. The maximum atomic E-state index is 12.2. The van der Waals surface area contributed by atoms with Crippen LogP contribution in [0.1, 0.15) is 20.7 Å². The van der Waals surface area contributed by atoms with Crippen molar-refractivity contribution in [1.82, 2.24) is 0 Å². The molecule has 0 unspecified atom stereocenters. The minimum atomic E-state index is 0.382. The molecule has 0 fully saturated rings. The number of fused-ring (bicyclic) bond motifs is 2. The summed E-state index contributed by atoms with van der Waals surface area (Å²) in [6, 6.07) is 15.2. The summed E-state index contributed by atoms with van der Waals surface area (Å²) < 4.78 is 12.9. The van der Waals surface area contributed by atoms with Gasteiger partial charge in [-0.15, -0.1) is 0 Å². The highest BCUT2D eigenvalue weighted by Gasteiger charge is 2.23. The van der Waals surface area contributed by atoms with E-state index in [9.17, 15) is 9.59 Å². The summed E-state index contributed by atoms with van der Waals surface area (Å²) in [6.07, 6.45) is 1.54. The minimum absolute atomic E-state index is 0.382. The molecule has 0 atom stereocenters. The molecule has 0 bridgehead atoms. The van der Waals surface area contributed by atoms with Gasteiger partial charge in [-0.25, -0.2) is 0 Å². The molecule has 0 aliphatic heterocycles. The highest BCUT2D eigenvalue weighted by Crippen LogP contribution is 2.45. The van der Waals surface area contributed by atoms with Crippen LogP contribution >= 0.6 is 31.9 Å². The summed E-state index contributed by atoms with van der Waals surface area (Å²) >= 11 is 7.00. The standard InChI is InChI=1S/C24H16Br2O4/c1-29-21-9-13-7-15(25)3-5-17(13)23(19(21)11-27)24-18-6-4-16(26)8-14(18)10-22(30-2)20(24)12-28/h3-12H,1-2H3. The largest absolute Gasteiger partial charge is 0.496 e. The van der Waals surface area contributed by atoms with E-state index < -0.39 is 0 Å². The van der Waals surface area contributed by atoms with Gasteiger partial charge in [0.2, 0.25) is 0 Å². The van der Waals surface area contributed by atoms with Gasteiger partial charge in [-0.1, -0.05) is 44.0 Å². The maximum absolute atomic E-state index is 12.2. The number of rotatable bonds is 5. The number of ether oxygens (including phenoxy) is 2. The van der Waals surface area contributed by atoms with Gasteiger partial charge in [0.05, 0.1) is 25.3 Å². The van der Waals surface area contributed by atoms with Crippen LogP contribution in [0.3, 0.4) is 0 Å². The lowest BCUT2D eigenvalue weighted by Gasteiger charge is -2.19. The Bertz CT molecular complexity index is 1230. The van der Waals surface area contributed by atoms with Gasteiger partial charge in [0.25, 0.3) is 0 Å². The van der Waals surface area contributed by atoms with E-state index in [1.807, 2.05) is 48.5 Å². The molecule has 4 nitrogen and oxygen atoms in total. The van der Waals surface area contributed by atoms with Crippen LogP contribution in [0.2, 0.25) is 0 Å². The number of halogens is 2. The molecule has 0 spiro atoms. The zero-order valence-corrected chi connectivity index (χ0v) is 19.3. The van der Waals surface area contributed by atoms with E-state index in [1.165, 1.54) is 14.2 Å². The van der Waals surface area contributed by atoms with E-state index in [-0.39, 0.29) is 0 Å². The van der Waals surface area contributed by atoms with Crippen molar-refractivity contribution in [3.63, 3.8) is 0 Å². The zero-order chi connectivity index (χ0) is 21.4. The molecular formula is C24H16Br2O4. The lowest BCUT2D eigenvalue weighted by molar-refractivity contribution is 0.111. The first-order valence-electron chi connectivity index (χ1n) is 9.03. The normalized spacial score (nSPS) is 10.9. The van der Waals surface area contributed by atoms with Crippen LogP contribution < -0.4 is 9.47 Å². The molecule has 4 aromatic carbocycles. The van der Waals surface area contributed by atoms with Crippen LogP contribution in [0, 0.1) is 0 Å². The third-order valence-corrected chi connectivity index (χ3v) is 6.12. The number of carbonyl (C=O) groups is 2. The Labute approximate surface area is 190 Å². The first-order chi connectivity index (χ1) is 14.5. The number of benzene rings is 4. The van der Waals surface area contributed by atoms with E-state index >= 15 is 0 Å². The molecule has 0 saturated heterocycles. The van der Waals surface area contributed by atoms with Crippen molar-refractivity contribution in [3.8, 4) is 22.6 Å². The van der Waals surface area contributed by atoms with Crippen molar-refractivity contribution in [3.05, 3.63) is 68.6 Å². The highest BCUT2D eigenvalue weighted by atomic mass is 79.9. The average Bonchev–Trinajstić information content (AvgIpc) is 2.75. The van der Waals surface area contributed by atoms with Crippen molar-refractivity contribution in [1.29, 1.82) is 0 Å². The monoisotopic (exact) mass is 526 g/mol. The topological polar surface area (TPSA) is 52.6 Å². The van der Waals surface area contributed by atoms with Crippen LogP contribution in [0.15, 0.2) is 57.5 Å². The second-order valence-electron chi connectivity index (χ2n) is 6.70.